The van der Waals surface area contributed by atoms with Gasteiger partial charge in [-0.2, -0.15) is 0 Å². The van der Waals surface area contributed by atoms with Gasteiger partial charge in [0.15, 0.2) is 5.78 Å². The van der Waals surface area contributed by atoms with Crippen molar-refractivity contribution in [1.82, 2.24) is 4.57 Å². The Morgan fingerprint density at radius 1 is 1.26 bits per heavy atom. The molecular weight excluding hydrogens is 265 g/mol. The van der Waals surface area contributed by atoms with Gasteiger partial charge in [0, 0.05) is 22.6 Å². The first-order valence-electron chi connectivity index (χ1n) is 6.00. The Hall–Kier alpha value is -1.61. The molecule has 0 amide bonds. The average Bonchev–Trinajstić information content (AvgIpc) is 2.68. The first kappa shape index (κ1) is 13.8. The number of Topliss-reactive ketones (excluding diaryl/α,β-unsaturated/α-hetero) is 1. The maximum Gasteiger partial charge on any atom is 0.179 e. The van der Waals surface area contributed by atoms with Crippen LogP contribution >= 0.6 is 11.6 Å². The van der Waals surface area contributed by atoms with Crippen LogP contribution in [-0.2, 0) is 0 Å². The fourth-order valence-corrected chi connectivity index (χ4v) is 2.43. The number of ketones is 1. The summed E-state index contributed by atoms with van der Waals surface area (Å²) in [6, 6.07) is 6.73. The molecule has 0 spiro atoms. The molecule has 0 radical (unpaired) electrons. The molecule has 2 nitrogen and oxygen atoms in total. The van der Waals surface area contributed by atoms with Gasteiger partial charge in [-0.1, -0.05) is 0 Å². The van der Waals surface area contributed by atoms with Crippen molar-refractivity contribution < 1.29 is 9.18 Å². The Morgan fingerprint density at radius 3 is 2.53 bits per heavy atom. The maximum atomic E-state index is 13.3. The third-order valence-electron chi connectivity index (χ3n) is 3.25. The van der Waals surface area contributed by atoms with E-state index in [0.29, 0.717) is 11.1 Å². The van der Waals surface area contributed by atoms with Gasteiger partial charge in [-0.25, -0.2) is 4.39 Å². The predicted molar refractivity (Wildman–Crippen MR) is 75.0 cm³/mol. The summed E-state index contributed by atoms with van der Waals surface area (Å²) >= 11 is 5.60. The summed E-state index contributed by atoms with van der Waals surface area (Å²) in [5.41, 5.74) is 3.80. The monoisotopic (exact) mass is 279 g/mol. The van der Waals surface area contributed by atoms with Gasteiger partial charge in [0.25, 0.3) is 0 Å². The number of alkyl halides is 1. The molecule has 0 bridgehead atoms. The number of aryl methyl sites for hydroxylation is 2. The van der Waals surface area contributed by atoms with Gasteiger partial charge in [0.1, 0.15) is 5.82 Å². The standard InChI is InChI=1S/C15H15ClFNO/c1-9-6-12(4-5-14(9)17)18-10(2)7-13(11(18)3)15(19)8-16/h4-7H,8H2,1-3H3. The molecule has 100 valence electrons. The van der Waals surface area contributed by atoms with Gasteiger partial charge in [-0.05, 0) is 50.6 Å². The highest BCUT2D eigenvalue weighted by molar-refractivity contribution is 6.30. The Kier molecular flexibility index (Phi) is 3.76. The fraction of sp³-hybridized carbons (Fsp3) is 0.267. The van der Waals surface area contributed by atoms with Crippen molar-refractivity contribution in [3.05, 3.63) is 52.6 Å². The van der Waals surface area contributed by atoms with Crippen LogP contribution in [-0.4, -0.2) is 16.2 Å². The zero-order valence-corrected chi connectivity index (χ0v) is 11.9. The Balaban J connectivity index is 2.59. The van der Waals surface area contributed by atoms with E-state index in [1.54, 1.807) is 19.1 Å². The Labute approximate surface area is 116 Å². The number of carbonyl (C=O) groups is 1. The van der Waals surface area contributed by atoms with Crippen LogP contribution in [0, 0.1) is 26.6 Å². The molecule has 0 aliphatic rings. The van der Waals surface area contributed by atoms with Crippen molar-refractivity contribution >= 4 is 17.4 Å². The maximum absolute atomic E-state index is 13.3. The zero-order valence-electron chi connectivity index (χ0n) is 11.1. The quantitative estimate of drug-likeness (QED) is 0.616. The van der Waals surface area contributed by atoms with E-state index in [1.807, 2.05) is 24.5 Å². The molecule has 2 aromatic rings. The predicted octanol–water partition coefficient (Wildman–Crippen LogP) is 3.96. The minimum absolute atomic E-state index is 0.0350. The minimum Gasteiger partial charge on any atom is -0.318 e. The molecule has 0 aliphatic heterocycles. The van der Waals surface area contributed by atoms with Gasteiger partial charge in [-0.15, -0.1) is 11.6 Å². The molecule has 0 saturated heterocycles. The minimum atomic E-state index is -0.233. The van der Waals surface area contributed by atoms with Gasteiger partial charge < -0.3 is 4.57 Å². The molecule has 0 fully saturated rings. The SMILES string of the molecule is Cc1cc(-n2c(C)cc(C(=O)CCl)c2C)ccc1F. The van der Waals surface area contributed by atoms with Crippen LogP contribution < -0.4 is 0 Å². The summed E-state index contributed by atoms with van der Waals surface area (Å²) in [4.78, 5) is 11.7. The van der Waals surface area contributed by atoms with E-state index in [2.05, 4.69) is 0 Å². The summed E-state index contributed by atoms with van der Waals surface area (Å²) in [5.74, 6) is -0.365. The molecule has 0 aliphatic carbocycles. The van der Waals surface area contributed by atoms with Gasteiger partial charge >= 0.3 is 0 Å². The van der Waals surface area contributed by atoms with Crippen molar-refractivity contribution in [1.29, 1.82) is 0 Å². The zero-order chi connectivity index (χ0) is 14.2. The summed E-state index contributed by atoms with van der Waals surface area (Å²) in [5, 5.41) is 0. The van der Waals surface area contributed by atoms with Crippen LogP contribution in [0.25, 0.3) is 5.69 Å². The third kappa shape index (κ3) is 2.43. The summed E-state index contributed by atoms with van der Waals surface area (Å²) < 4.78 is 15.3. The molecule has 19 heavy (non-hydrogen) atoms. The van der Waals surface area contributed by atoms with Crippen molar-refractivity contribution in [2.45, 2.75) is 20.8 Å². The highest BCUT2D eigenvalue weighted by Gasteiger charge is 2.16. The molecular formula is C15H15ClFNO. The van der Waals surface area contributed by atoms with Crippen LogP contribution in [0.5, 0.6) is 0 Å². The summed E-state index contributed by atoms with van der Waals surface area (Å²) in [7, 11) is 0. The molecule has 0 saturated carbocycles. The van der Waals surface area contributed by atoms with Crippen molar-refractivity contribution in [2.75, 3.05) is 5.88 Å². The molecule has 1 aromatic heterocycles. The summed E-state index contributed by atoms with van der Waals surface area (Å²) in [6.07, 6.45) is 0. The van der Waals surface area contributed by atoms with E-state index in [4.69, 9.17) is 11.6 Å². The molecule has 2 rings (SSSR count). The van der Waals surface area contributed by atoms with Crippen LogP contribution in [0.3, 0.4) is 0 Å². The van der Waals surface area contributed by atoms with E-state index >= 15 is 0 Å². The van der Waals surface area contributed by atoms with E-state index in [-0.39, 0.29) is 17.5 Å². The molecule has 0 N–H and O–H groups in total. The van der Waals surface area contributed by atoms with E-state index < -0.39 is 0 Å². The van der Waals surface area contributed by atoms with E-state index in [9.17, 15) is 9.18 Å². The van der Waals surface area contributed by atoms with Crippen molar-refractivity contribution in [3.8, 4) is 5.69 Å². The van der Waals surface area contributed by atoms with Crippen LogP contribution in [0.1, 0.15) is 27.3 Å². The van der Waals surface area contributed by atoms with E-state index in [1.165, 1.54) is 6.07 Å². The van der Waals surface area contributed by atoms with Gasteiger partial charge in [0.05, 0.1) is 5.88 Å². The lowest BCUT2D eigenvalue weighted by Gasteiger charge is -2.11. The van der Waals surface area contributed by atoms with Gasteiger partial charge in [0.2, 0.25) is 0 Å². The average molecular weight is 280 g/mol. The fourth-order valence-electron chi connectivity index (χ4n) is 2.28. The molecule has 4 heteroatoms. The number of hydrogen-bond donors (Lipinski definition) is 0. The van der Waals surface area contributed by atoms with Crippen molar-refractivity contribution in [3.63, 3.8) is 0 Å². The molecule has 1 heterocycles. The number of carbonyl (C=O) groups excluding carboxylic acids is 1. The van der Waals surface area contributed by atoms with E-state index in [0.717, 1.165) is 17.1 Å². The highest BCUT2D eigenvalue weighted by atomic mass is 35.5. The van der Waals surface area contributed by atoms with Crippen LogP contribution in [0.15, 0.2) is 24.3 Å². The third-order valence-corrected chi connectivity index (χ3v) is 3.50. The topological polar surface area (TPSA) is 22.0 Å². The Bertz CT molecular complexity index is 646. The number of rotatable bonds is 3. The largest absolute Gasteiger partial charge is 0.318 e. The summed E-state index contributed by atoms with van der Waals surface area (Å²) in [6.45, 7) is 5.50. The number of nitrogens with zero attached hydrogens (tertiary/aromatic N) is 1. The molecule has 0 unspecified atom stereocenters. The lowest BCUT2D eigenvalue weighted by molar-refractivity contribution is 0.102. The normalized spacial score (nSPS) is 10.8. The van der Waals surface area contributed by atoms with Gasteiger partial charge in [-0.3, -0.25) is 4.79 Å². The molecule has 1 aromatic carbocycles. The second-order valence-corrected chi connectivity index (χ2v) is 4.88. The number of benzene rings is 1. The smallest absolute Gasteiger partial charge is 0.179 e. The first-order valence-corrected chi connectivity index (χ1v) is 6.53. The number of aromatic nitrogens is 1. The second-order valence-electron chi connectivity index (χ2n) is 4.61. The number of halogens is 2. The lowest BCUT2D eigenvalue weighted by Crippen LogP contribution is -2.04. The van der Waals surface area contributed by atoms with Crippen LogP contribution in [0.2, 0.25) is 0 Å². The highest BCUT2D eigenvalue weighted by Crippen LogP contribution is 2.23. The lowest BCUT2D eigenvalue weighted by atomic mass is 10.2. The second kappa shape index (κ2) is 5.17. The Morgan fingerprint density at radius 2 is 1.95 bits per heavy atom. The molecule has 0 atom stereocenters. The first-order chi connectivity index (χ1) is 8.95. The van der Waals surface area contributed by atoms with Crippen LogP contribution in [0.4, 0.5) is 4.39 Å². The number of hydrogen-bond acceptors (Lipinski definition) is 1. The van der Waals surface area contributed by atoms with Crippen molar-refractivity contribution in [2.24, 2.45) is 0 Å².